The number of aryl methyl sites for hydroxylation is 2. The summed E-state index contributed by atoms with van der Waals surface area (Å²) in [5.41, 5.74) is 1.03. The summed E-state index contributed by atoms with van der Waals surface area (Å²) >= 11 is 0. The highest BCUT2D eigenvalue weighted by Crippen LogP contribution is 2.27. The van der Waals surface area contributed by atoms with Gasteiger partial charge in [-0.2, -0.15) is 0 Å². The minimum atomic E-state index is -3.92. The molecule has 7 nitrogen and oxygen atoms in total. The van der Waals surface area contributed by atoms with E-state index in [4.69, 9.17) is 0 Å². The van der Waals surface area contributed by atoms with E-state index in [2.05, 4.69) is 10.0 Å². The summed E-state index contributed by atoms with van der Waals surface area (Å²) in [5.74, 6) is 0. The Morgan fingerprint density at radius 2 is 1.95 bits per heavy atom. The quantitative estimate of drug-likeness (QED) is 0.646. The van der Waals surface area contributed by atoms with Crippen LogP contribution in [0.1, 0.15) is 30.4 Å². The standard InChI is InChI=1S/C14H21N3O4S/c1-10-7-13(17(18)19)14(8-11(10)2)22(20,21)16-12-5-3-4-6-15-9-12/h7-8,12,15-16H,3-6,9H2,1-2H3. The number of nitrogens with one attached hydrogen (secondary N) is 2. The number of nitrogens with zero attached hydrogens (tertiary/aromatic N) is 1. The zero-order valence-corrected chi connectivity index (χ0v) is 13.6. The number of sulfonamides is 1. The first kappa shape index (κ1) is 16.9. The van der Waals surface area contributed by atoms with E-state index in [1.807, 2.05) is 0 Å². The van der Waals surface area contributed by atoms with E-state index in [1.54, 1.807) is 13.8 Å². The molecule has 0 radical (unpaired) electrons. The molecule has 1 fully saturated rings. The Balaban J connectivity index is 2.36. The second-order valence-electron chi connectivity index (χ2n) is 5.68. The van der Waals surface area contributed by atoms with Gasteiger partial charge in [-0.1, -0.05) is 6.42 Å². The first-order valence-corrected chi connectivity index (χ1v) is 8.78. The molecule has 22 heavy (non-hydrogen) atoms. The van der Waals surface area contributed by atoms with E-state index in [9.17, 15) is 18.5 Å². The van der Waals surface area contributed by atoms with Gasteiger partial charge >= 0.3 is 0 Å². The van der Waals surface area contributed by atoms with Crippen LogP contribution < -0.4 is 10.0 Å². The summed E-state index contributed by atoms with van der Waals surface area (Å²) in [6.07, 6.45) is 2.65. The number of nitro groups is 1. The normalized spacial score (nSPS) is 19.6. The van der Waals surface area contributed by atoms with E-state index >= 15 is 0 Å². The lowest BCUT2D eigenvalue weighted by molar-refractivity contribution is -0.387. The van der Waals surface area contributed by atoms with Crippen LogP contribution in [0.5, 0.6) is 0 Å². The predicted octanol–water partition coefficient (Wildman–Crippen LogP) is 1.63. The van der Waals surface area contributed by atoms with Crippen LogP contribution >= 0.6 is 0 Å². The Morgan fingerprint density at radius 3 is 2.64 bits per heavy atom. The first-order valence-electron chi connectivity index (χ1n) is 7.30. The molecule has 1 aliphatic rings. The summed E-state index contributed by atoms with van der Waals surface area (Å²) in [7, 11) is -3.92. The Kier molecular flexibility index (Phi) is 5.15. The van der Waals surface area contributed by atoms with Crippen molar-refractivity contribution in [1.82, 2.24) is 10.0 Å². The molecule has 0 amide bonds. The van der Waals surface area contributed by atoms with Crippen LogP contribution in [-0.4, -0.2) is 32.5 Å². The molecule has 1 atom stereocenters. The second-order valence-corrected chi connectivity index (χ2v) is 7.36. The zero-order valence-electron chi connectivity index (χ0n) is 12.8. The number of benzene rings is 1. The Morgan fingerprint density at radius 1 is 1.27 bits per heavy atom. The molecule has 0 spiro atoms. The number of nitro benzene ring substituents is 1. The minimum Gasteiger partial charge on any atom is -0.315 e. The lowest BCUT2D eigenvalue weighted by Crippen LogP contribution is -2.40. The fourth-order valence-corrected chi connectivity index (χ4v) is 4.04. The lowest BCUT2D eigenvalue weighted by atomic mass is 10.1. The van der Waals surface area contributed by atoms with Crippen LogP contribution in [0.15, 0.2) is 17.0 Å². The Labute approximate surface area is 130 Å². The van der Waals surface area contributed by atoms with Gasteiger partial charge in [-0.05, 0) is 50.4 Å². The third-order valence-corrected chi connectivity index (χ3v) is 5.48. The maximum Gasteiger partial charge on any atom is 0.289 e. The Hall–Kier alpha value is -1.51. The van der Waals surface area contributed by atoms with E-state index in [0.717, 1.165) is 25.8 Å². The maximum atomic E-state index is 12.6. The molecule has 0 aromatic heterocycles. The van der Waals surface area contributed by atoms with Crippen molar-refractivity contribution >= 4 is 15.7 Å². The maximum absolute atomic E-state index is 12.6. The van der Waals surface area contributed by atoms with Crippen molar-refractivity contribution in [2.75, 3.05) is 13.1 Å². The molecule has 0 saturated carbocycles. The van der Waals surface area contributed by atoms with Gasteiger partial charge in [0.05, 0.1) is 4.92 Å². The van der Waals surface area contributed by atoms with Gasteiger partial charge in [0.15, 0.2) is 4.90 Å². The second kappa shape index (κ2) is 6.72. The molecular formula is C14H21N3O4S. The van der Waals surface area contributed by atoms with Crippen molar-refractivity contribution in [3.05, 3.63) is 33.4 Å². The van der Waals surface area contributed by atoms with E-state index < -0.39 is 14.9 Å². The third kappa shape index (κ3) is 3.82. The molecule has 2 N–H and O–H groups in total. The topological polar surface area (TPSA) is 101 Å². The minimum absolute atomic E-state index is 0.242. The van der Waals surface area contributed by atoms with E-state index in [0.29, 0.717) is 17.7 Å². The van der Waals surface area contributed by atoms with Crippen molar-refractivity contribution in [1.29, 1.82) is 0 Å². The fraction of sp³-hybridized carbons (Fsp3) is 0.571. The monoisotopic (exact) mass is 327 g/mol. The summed E-state index contributed by atoms with van der Waals surface area (Å²) in [6, 6.07) is 2.45. The molecular weight excluding hydrogens is 306 g/mol. The molecule has 0 aliphatic carbocycles. The molecule has 2 rings (SSSR count). The molecule has 1 aromatic rings. The molecule has 8 heteroatoms. The van der Waals surface area contributed by atoms with Gasteiger partial charge in [0, 0.05) is 18.7 Å². The van der Waals surface area contributed by atoms with Gasteiger partial charge in [0.1, 0.15) is 0 Å². The average Bonchev–Trinajstić information content (AvgIpc) is 2.69. The number of hydrogen-bond donors (Lipinski definition) is 2. The number of hydrogen-bond acceptors (Lipinski definition) is 5. The van der Waals surface area contributed by atoms with Crippen molar-refractivity contribution < 1.29 is 13.3 Å². The zero-order chi connectivity index (χ0) is 16.3. The third-order valence-electron chi connectivity index (χ3n) is 3.93. The van der Waals surface area contributed by atoms with Gasteiger partial charge in [-0.15, -0.1) is 0 Å². The van der Waals surface area contributed by atoms with Crippen molar-refractivity contribution in [2.24, 2.45) is 0 Å². The SMILES string of the molecule is Cc1cc([N+](=O)[O-])c(S(=O)(=O)NC2CCCCNC2)cc1C. The van der Waals surface area contributed by atoms with E-state index in [1.165, 1.54) is 12.1 Å². The van der Waals surface area contributed by atoms with Crippen LogP contribution in [-0.2, 0) is 10.0 Å². The molecule has 1 saturated heterocycles. The highest BCUT2D eigenvalue weighted by Gasteiger charge is 2.29. The van der Waals surface area contributed by atoms with Crippen LogP contribution in [0.2, 0.25) is 0 Å². The summed E-state index contributed by atoms with van der Waals surface area (Å²) in [5, 5.41) is 14.3. The first-order chi connectivity index (χ1) is 10.3. The average molecular weight is 327 g/mol. The van der Waals surface area contributed by atoms with Gasteiger partial charge in [0.25, 0.3) is 5.69 Å². The van der Waals surface area contributed by atoms with E-state index in [-0.39, 0.29) is 16.6 Å². The van der Waals surface area contributed by atoms with Gasteiger partial charge in [0.2, 0.25) is 10.0 Å². The summed E-state index contributed by atoms with van der Waals surface area (Å²) in [6.45, 7) is 4.87. The van der Waals surface area contributed by atoms with Crippen molar-refractivity contribution in [3.8, 4) is 0 Å². The smallest absolute Gasteiger partial charge is 0.289 e. The van der Waals surface area contributed by atoms with Crippen LogP contribution in [0.3, 0.4) is 0 Å². The number of rotatable bonds is 4. The van der Waals surface area contributed by atoms with Crippen LogP contribution in [0.4, 0.5) is 5.69 Å². The summed E-state index contributed by atoms with van der Waals surface area (Å²) < 4.78 is 27.7. The largest absolute Gasteiger partial charge is 0.315 e. The van der Waals surface area contributed by atoms with Crippen molar-refractivity contribution in [3.63, 3.8) is 0 Å². The molecule has 1 unspecified atom stereocenters. The predicted molar refractivity (Wildman–Crippen MR) is 83.4 cm³/mol. The van der Waals surface area contributed by atoms with Gasteiger partial charge in [-0.25, -0.2) is 13.1 Å². The Bertz CT molecular complexity index is 665. The lowest BCUT2D eigenvalue weighted by Gasteiger charge is -2.17. The van der Waals surface area contributed by atoms with Crippen LogP contribution in [0, 0.1) is 24.0 Å². The highest BCUT2D eigenvalue weighted by molar-refractivity contribution is 7.89. The molecule has 1 aliphatic heterocycles. The molecule has 1 aromatic carbocycles. The van der Waals surface area contributed by atoms with Crippen LogP contribution in [0.25, 0.3) is 0 Å². The molecule has 1 heterocycles. The van der Waals surface area contributed by atoms with Gasteiger partial charge in [-0.3, -0.25) is 10.1 Å². The molecule has 0 bridgehead atoms. The van der Waals surface area contributed by atoms with Crippen molar-refractivity contribution in [2.45, 2.75) is 44.0 Å². The highest BCUT2D eigenvalue weighted by atomic mass is 32.2. The fourth-order valence-electron chi connectivity index (χ4n) is 2.53. The molecule has 122 valence electrons. The summed E-state index contributed by atoms with van der Waals surface area (Å²) in [4.78, 5) is 10.3. The van der Waals surface area contributed by atoms with Gasteiger partial charge < -0.3 is 5.32 Å².